The Morgan fingerprint density at radius 3 is 3.06 bits per heavy atom. The van der Waals surface area contributed by atoms with E-state index in [9.17, 15) is 4.79 Å². The SMILES string of the molecule is CCC1COCCN1Cc1cc(C(=O)O)sc1C. The number of morpholine rings is 1. The van der Waals surface area contributed by atoms with Gasteiger partial charge in [0.2, 0.25) is 0 Å². The van der Waals surface area contributed by atoms with Crippen molar-refractivity contribution in [3.8, 4) is 0 Å². The van der Waals surface area contributed by atoms with E-state index in [1.165, 1.54) is 11.3 Å². The monoisotopic (exact) mass is 269 g/mol. The Bertz CT molecular complexity index is 430. The van der Waals surface area contributed by atoms with Gasteiger partial charge in [0.25, 0.3) is 0 Å². The van der Waals surface area contributed by atoms with E-state index in [1.54, 1.807) is 0 Å². The number of carboxylic acid groups (broad SMARTS) is 1. The van der Waals surface area contributed by atoms with Crippen molar-refractivity contribution in [3.63, 3.8) is 0 Å². The first kappa shape index (κ1) is 13.5. The summed E-state index contributed by atoms with van der Waals surface area (Å²) in [5.41, 5.74) is 1.14. The van der Waals surface area contributed by atoms with Crippen LogP contribution in [0.4, 0.5) is 0 Å². The quantitative estimate of drug-likeness (QED) is 0.911. The molecule has 1 saturated heterocycles. The van der Waals surface area contributed by atoms with Crippen LogP contribution in [0.2, 0.25) is 0 Å². The summed E-state index contributed by atoms with van der Waals surface area (Å²) in [7, 11) is 0. The summed E-state index contributed by atoms with van der Waals surface area (Å²) in [5.74, 6) is -0.830. The molecule has 1 aliphatic heterocycles. The topological polar surface area (TPSA) is 49.8 Å². The molecule has 0 aliphatic carbocycles. The van der Waals surface area contributed by atoms with E-state index in [0.29, 0.717) is 10.9 Å². The van der Waals surface area contributed by atoms with E-state index in [4.69, 9.17) is 9.84 Å². The molecule has 0 radical (unpaired) electrons. The third kappa shape index (κ3) is 2.91. The first-order valence-electron chi connectivity index (χ1n) is 6.26. The van der Waals surface area contributed by atoms with Crippen LogP contribution in [0.25, 0.3) is 0 Å². The highest BCUT2D eigenvalue weighted by Gasteiger charge is 2.23. The van der Waals surface area contributed by atoms with Crippen molar-refractivity contribution < 1.29 is 14.6 Å². The third-order valence-electron chi connectivity index (χ3n) is 3.43. The molecule has 1 fully saturated rings. The Hall–Kier alpha value is -0.910. The van der Waals surface area contributed by atoms with Crippen LogP contribution in [0, 0.1) is 6.92 Å². The first-order valence-corrected chi connectivity index (χ1v) is 7.07. The van der Waals surface area contributed by atoms with Gasteiger partial charge in [-0.1, -0.05) is 6.92 Å². The standard InChI is InChI=1S/C13H19NO3S/c1-3-11-8-17-5-4-14(11)7-10-6-12(13(15)16)18-9(10)2/h6,11H,3-5,7-8H2,1-2H3,(H,15,16). The summed E-state index contributed by atoms with van der Waals surface area (Å²) in [6.45, 7) is 7.47. The van der Waals surface area contributed by atoms with Gasteiger partial charge in [0.15, 0.2) is 0 Å². The summed E-state index contributed by atoms with van der Waals surface area (Å²) in [6, 6.07) is 2.26. The van der Waals surface area contributed by atoms with Gasteiger partial charge >= 0.3 is 5.97 Å². The Morgan fingerprint density at radius 1 is 1.67 bits per heavy atom. The molecule has 1 N–H and O–H groups in total. The lowest BCUT2D eigenvalue weighted by Gasteiger charge is -2.35. The molecule has 18 heavy (non-hydrogen) atoms. The van der Waals surface area contributed by atoms with Gasteiger partial charge in [0.1, 0.15) is 4.88 Å². The fourth-order valence-corrected chi connectivity index (χ4v) is 3.15. The lowest BCUT2D eigenvalue weighted by Crippen LogP contribution is -2.44. The molecule has 1 atom stereocenters. The van der Waals surface area contributed by atoms with E-state index in [1.807, 2.05) is 13.0 Å². The number of thiophene rings is 1. The fraction of sp³-hybridized carbons (Fsp3) is 0.615. The summed E-state index contributed by atoms with van der Waals surface area (Å²) in [5, 5.41) is 9.00. The maximum atomic E-state index is 11.0. The van der Waals surface area contributed by atoms with Gasteiger partial charge in [-0.3, -0.25) is 4.90 Å². The van der Waals surface area contributed by atoms with Crippen LogP contribution < -0.4 is 0 Å². The number of hydrogen-bond acceptors (Lipinski definition) is 4. The van der Waals surface area contributed by atoms with Crippen molar-refractivity contribution >= 4 is 17.3 Å². The third-order valence-corrected chi connectivity index (χ3v) is 4.51. The molecule has 4 nitrogen and oxygen atoms in total. The number of aryl methyl sites for hydroxylation is 1. The molecular formula is C13H19NO3S. The van der Waals surface area contributed by atoms with Crippen molar-refractivity contribution in [1.82, 2.24) is 4.90 Å². The summed E-state index contributed by atoms with van der Waals surface area (Å²) in [6.07, 6.45) is 1.06. The normalized spacial score (nSPS) is 21.1. The maximum Gasteiger partial charge on any atom is 0.345 e. The van der Waals surface area contributed by atoms with Crippen molar-refractivity contribution in [3.05, 3.63) is 21.4 Å². The predicted molar refractivity (Wildman–Crippen MR) is 71.3 cm³/mol. The van der Waals surface area contributed by atoms with Gasteiger partial charge in [-0.25, -0.2) is 4.79 Å². The molecule has 0 amide bonds. The number of carbonyl (C=O) groups is 1. The number of ether oxygens (including phenoxy) is 1. The van der Waals surface area contributed by atoms with Crippen LogP contribution in [0.1, 0.15) is 33.5 Å². The second-order valence-electron chi connectivity index (χ2n) is 4.60. The minimum absolute atomic E-state index is 0.434. The zero-order valence-corrected chi connectivity index (χ0v) is 11.6. The molecule has 100 valence electrons. The van der Waals surface area contributed by atoms with Crippen LogP contribution in [0.3, 0.4) is 0 Å². The number of aromatic carboxylic acids is 1. The number of nitrogens with zero attached hydrogens (tertiary/aromatic N) is 1. The predicted octanol–water partition coefficient (Wildman–Crippen LogP) is 2.37. The highest BCUT2D eigenvalue weighted by atomic mass is 32.1. The van der Waals surface area contributed by atoms with Crippen molar-refractivity contribution in [2.45, 2.75) is 32.9 Å². The molecular weight excluding hydrogens is 250 g/mol. The highest BCUT2D eigenvalue weighted by Crippen LogP contribution is 2.24. The van der Waals surface area contributed by atoms with Gasteiger partial charge in [0, 0.05) is 24.0 Å². The van der Waals surface area contributed by atoms with Gasteiger partial charge in [-0.15, -0.1) is 11.3 Å². The fourth-order valence-electron chi connectivity index (χ4n) is 2.27. The molecule has 2 heterocycles. The smallest absolute Gasteiger partial charge is 0.345 e. The highest BCUT2D eigenvalue weighted by molar-refractivity contribution is 7.14. The van der Waals surface area contributed by atoms with Crippen LogP contribution in [0.15, 0.2) is 6.07 Å². The zero-order chi connectivity index (χ0) is 13.1. The van der Waals surface area contributed by atoms with Crippen molar-refractivity contribution in [2.24, 2.45) is 0 Å². The van der Waals surface area contributed by atoms with Crippen LogP contribution in [-0.4, -0.2) is 41.8 Å². The molecule has 0 spiro atoms. The average Bonchev–Trinajstić information content (AvgIpc) is 2.72. The molecule has 0 saturated carbocycles. The summed E-state index contributed by atoms with van der Waals surface area (Å²) in [4.78, 5) is 14.9. The van der Waals surface area contributed by atoms with Gasteiger partial charge < -0.3 is 9.84 Å². The zero-order valence-electron chi connectivity index (χ0n) is 10.8. The number of carboxylic acids is 1. The van der Waals surface area contributed by atoms with E-state index < -0.39 is 5.97 Å². The Morgan fingerprint density at radius 2 is 2.44 bits per heavy atom. The molecule has 2 rings (SSSR count). The number of rotatable bonds is 4. The number of hydrogen-bond donors (Lipinski definition) is 1. The van der Waals surface area contributed by atoms with Gasteiger partial charge in [0.05, 0.1) is 13.2 Å². The van der Waals surface area contributed by atoms with Gasteiger partial charge in [-0.2, -0.15) is 0 Å². The molecule has 5 heteroatoms. The van der Waals surface area contributed by atoms with E-state index in [-0.39, 0.29) is 0 Å². The Labute approximate surface area is 111 Å². The molecule has 0 aromatic carbocycles. The summed E-state index contributed by atoms with van der Waals surface area (Å²) >= 11 is 1.36. The second kappa shape index (κ2) is 5.82. The van der Waals surface area contributed by atoms with E-state index in [0.717, 1.165) is 43.2 Å². The average molecular weight is 269 g/mol. The largest absolute Gasteiger partial charge is 0.477 e. The molecule has 1 unspecified atom stereocenters. The van der Waals surface area contributed by atoms with E-state index in [2.05, 4.69) is 11.8 Å². The van der Waals surface area contributed by atoms with Crippen molar-refractivity contribution in [2.75, 3.05) is 19.8 Å². The Balaban J connectivity index is 2.10. The lowest BCUT2D eigenvalue weighted by molar-refractivity contribution is -0.0127. The molecule has 0 bridgehead atoms. The second-order valence-corrected chi connectivity index (χ2v) is 5.86. The maximum absolute atomic E-state index is 11.0. The van der Waals surface area contributed by atoms with Crippen molar-refractivity contribution in [1.29, 1.82) is 0 Å². The Kier molecular flexibility index (Phi) is 4.37. The lowest BCUT2D eigenvalue weighted by atomic mass is 10.1. The van der Waals surface area contributed by atoms with Crippen LogP contribution in [-0.2, 0) is 11.3 Å². The van der Waals surface area contributed by atoms with Crippen LogP contribution >= 0.6 is 11.3 Å². The first-order chi connectivity index (χ1) is 8.61. The van der Waals surface area contributed by atoms with Gasteiger partial charge in [-0.05, 0) is 25.0 Å². The molecule has 1 aliphatic rings. The molecule has 1 aromatic heterocycles. The summed E-state index contributed by atoms with van der Waals surface area (Å²) < 4.78 is 5.48. The minimum Gasteiger partial charge on any atom is -0.477 e. The molecule has 1 aromatic rings. The van der Waals surface area contributed by atoms with Crippen LogP contribution in [0.5, 0.6) is 0 Å². The van der Waals surface area contributed by atoms with E-state index >= 15 is 0 Å². The minimum atomic E-state index is -0.830.